The van der Waals surface area contributed by atoms with Crippen molar-refractivity contribution in [3.05, 3.63) is 47.0 Å². The summed E-state index contributed by atoms with van der Waals surface area (Å²) >= 11 is 0. The van der Waals surface area contributed by atoms with Gasteiger partial charge in [-0.05, 0) is 42.7 Å². The van der Waals surface area contributed by atoms with Crippen LogP contribution in [0.4, 0.5) is 24.5 Å². The topological polar surface area (TPSA) is 58.9 Å². The molecule has 2 aromatic rings. The van der Waals surface area contributed by atoms with Gasteiger partial charge in [-0.3, -0.25) is 0 Å². The van der Waals surface area contributed by atoms with E-state index in [1.165, 1.54) is 12.2 Å². The molecule has 7 heteroatoms. The van der Waals surface area contributed by atoms with Crippen LogP contribution in [0.1, 0.15) is 16.7 Å². The molecule has 0 radical (unpaired) electrons. The second kappa shape index (κ2) is 6.62. The van der Waals surface area contributed by atoms with Crippen molar-refractivity contribution in [1.82, 2.24) is 0 Å². The number of halogens is 3. The van der Waals surface area contributed by atoms with E-state index in [2.05, 4.69) is 9.98 Å². The zero-order chi connectivity index (χ0) is 17.9. The average Bonchev–Trinajstić information content (AvgIpc) is 2.49. The quantitative estimate of drug-likeness (QED) is 0.591. The Morgan fingerprint density at radius 3 is 1.96 bits per heavy atom. The molecule has 0 unspecified atom stereocenters. The Bertz CT molecular complexity index is 871. The van der Waals surface area contributed by atoms with E-state index in [9.17, 15) is 22.8 Å². The van der Waals surface area contributed by atoms with Gasteiger partial charge in [-0.15, -0.1) is 0 Å². The van der Waals surface area contributed by atoms with E-state index in [0.29, 0.717) is 11.1 Å². The summed E-state index contributed by atoms with van der Waals surface area (Å²) in [4.78, 5) is 28.0. The monoisotopic (exact) mass is 332 g/mol. The molecule has 0 N–H and O–H groups in total. The summed E-state index contributed by atoms with van der Waals surface area (Å²) in [7, 11) is 0. The van der Waals surface area contributed by atoms with Gasteiger partial charge in [-0.1, -0.05) is 18.2 Å². The van der Waals surface area contributed by atoms with E-state index in [1.807, 2.05) is 0 Å². The minimum atomic E-state index is -4.68. The first-order valence-electron chi connectivity index (χ1n) is 6.77. The molecular weight excluding hydrogens is 321 g/mol. The van der Waals surface area contributed by atoms with Crippen molar-refractivity contribution >= 4 is 23.5 Å². The first-order valence-corrected chi connectivity index (χ1v) is 6.77. The smallest absolute Gasteiger partial charge is 0.211 e. The maximum Gasteiger partial charge on any atom is 0.417 e. The fraction of sp³-hybridized carbons (Fsp3) is 0.176. The van der Waals surface area contributed by atoms with Gasteiger partial charge < -0.3 is 0 Å². The predicted molar refractivity (Wildman–Crippen MR) is 81.9 cm³/mol. The number of carbonyl (C=O) groups excluding carboxylic acids is 2. The molecule has 0 aromatic heterocycles. The molecule has 0 spiro atoms. The molecule has 0 saturated heterocycles. The average molecular weight is 332 g/mol. The number of hydrogen-bond donors (Lipinski definition) is 0. The molecule has 0 atom stereocenters. The molecule has 0 aliphatic carbocycles. The molecule has 2 rings (SSSR count). The molecule has 0 aliphatic rings. The van der Waals surface area contributed by atoms with E-state index in [1.54, 1.807) is 32.0 Å². The number of rotatable bonds is 3. The number of isocyanates is 2. The van der Waals surface area contributed by atoms with Gasteiger partial charge in [0, 0.05) is 5.56 Å². The molecule has 2 aromatic carbocycles. The minimum absolute atomic E-state index is 0.181. The Balaban J connectivity index is 3.06. The van der Waals surface area contributed by atoms with E-state index < -0.39 is 11.7 Å². The lowest BCUT2D eigenvalue weighted by atomic mass is 9.90. The standard InChI is InChI=1S/C17H11F3N2O2/c1-10-4-3-5-11(2)14(10)15-12(17(18,19)20)6-7-13(21-8-23)16(15)22-9-24/h3-7H,1-2H3. The van der Waals surface area contributed by atoms with Crippen LogP contribution in [0.5, 0.6) is 0 Å². The summed E-state index contributed by atoms with van der Waals surface area (Å²) in [5, 5.41) is 0. The van der Waals surface area contributed by atoms with Gasteiger partial charge in [0.25, 0.3) is 0 Å². The number of nitrogens with zero attached hydrogens (tertiary/aromatic N) is 2. The van der Waals surface area contributed by atoms with Gasteiger partial charge in [-0.25, -0.2) is 9.59 Å². The summed E-state index contributed by atoms with van der Waals surface area (Å²) in [6, 6.07) is 6.78. The van der Waals surface area contributed by atoms with Gasteiger partial charge in [0.1, 0.15) is 11.4 Å². The Morgan fingerprint density at radius 2 is 1.46 bits per heavy atom. The molecule has 122 valence electrons. The van der Waals surface area contributed by atoms with Crippen LogP contribution in [-0.2, 0) is 15.8 Å². The van der Waals surface area contributed by atoms with Crippen LogP contribution in [0.3, 0.4) is 0 Å². The highest BCUT2D eigenvalue weighted by molar-refractivity contribution is 5.90. The zero-order valence-corrected chi connectivity index (χ0v) is 12.7. The van der Waals surface area contributed by atoms with E-state index >= 15 is 0 Å². The molecule has 0 fully saturated rings. The molecule has 0 aliphatic heterocycles. The first-order chi connectivity index (χ1) is 11.3. The fourth-order valence-electron chi connectivity index (χ4n) is 2.58. The Morgan fingerprint density at radius 1 is 0.875 bits per heavy atom. The SMILES string of the molecule is Cc1cccc(C)c1-c1c(C(F)(F)F)ccc(N=C=O)c1N=C=O. The van der Waals surface area contributed by atoms with Gasteiger partial charge in [-0.2, -0.15) is 23.2 Å². The summed E-state index contributed by atoms with van der Waals surface area (Å²) in [5.74, 6) is 0. The lowest BCUT2D eigenvalue weighted by Crippen LogP contribution is -2.08. The highest BCUT2D eigenvalue weighted by Gasteiger charge is 2.36. The molecule has 4 nitrogen and oxygen atoms in total. The zero-order valence-electron chi connectivity index (χ0n) is 12.7. The summed E-state index contributed by atoms with van der Waals surface area (Å²) in [6.45, 7) is 3.29. The summed E-state index contributed by atoms with van der Waals surface area (Å²) in [6.07, 6.45) is -2.20. The van der Waals surface area contributed by atoms with Gasteiger partial charge >= 0.3 is 6.18 Å². The Hall–Kier alpha value is -3.01. The second-order valence-electron chi connectivity index (χ2n) is 5.03. The lowest BCUT2D eigenvalue weighted by molar-refractivity contribution is -0.137. The highest BCUT2D eigenvalue weighted by atomic mass is 19.4. The Kier molecular flexibility index (Phi) is 4.79. The number of aryl methyl sites for hydroxylation is 2. The molecular formula is C17H11F3N2O2. The summed E-state index contributed by atoms with van der Waals surface area (Å²) in [5.41, 5.74) is -0.414. The molecule has 0 saturated carbocycles. The number of alkyl halides is 3. The third kappa shape index (κ3) is 3.18. The maximum atomic E-state index is 13.5. The fourth-order valence-corrected chi connectivity index (χ4v) is 2.58. The van der Waals surface area contributed by atoms with Crippen LogP contribution < -0.4 is 0 Å². The third-order valence-electron chi connectivity index (χ3n) is 3.52. The Labute approximate surface area is 135 Å². The van der Waals surface area contributed by atoms with E-state index in [-0.39, 0.29) is 22.5 Å². The van der Waals surface area contributed by atoms with Crippen molar-refractivity contribution < 1.29 is 22.8 Å². The summed E-state index contributed by atoms with van der Waals surface area (Å²) < 4.78 is 40.5. The number of benzene rings is 2. The van der Waals surface area contributed by atoms with Crippen molar-refractivity contribution in [2.24, 2.45) is 9.98 Å². The van der Waals surface area contributed by atoms with Crippen molar-refractivity contribution in [2.45, 2.75) is 20.0 Å². The van der Waals surface area contributed by atoms with Crippen molar-refractivity contribution in [2.75, 3.05) is 0 Å². The minimum Gasteiger partial charge on any atom is -0.211 e. The van der Waals surface area contributed by atoms with Crippen LogP contribution >= 0.6 is 0 Å². The molecule has 0 amide bonds. The number of aliphatic imine (C=N–C) groups is 2. The van der Waals surface area contributed by atoms with Crippen LogP contribution in [0, 0.1) is 13.8 Å². The third-order valence-corrected chi connectivity index (χ3v) is 3.52. The predicted octanol–water partition coefficient (Wildman–Crippen LogP) is 4.92. The normalized spacial score (nSPS) is 10.7. The van der Waals surface area contributed by atoms with Crippen LogP contribution in [-0.4, -0.2) is 12.2 Å². The molecule has 0 heterocycles. The van der Waals surface area contributed by atoms with Crippen LogP contribution in [0.2, 0.25) is 0 Å². The lowest BCUT2D eigenvalue weighted by Gasteiger charge is -2.19. The van der Waals surface area contributed by atoms with Gasteiger partial charge in [0.2, 0.25) is 12.2 Å². The number of hydrogen-bond acceptors (Lipinski definition) is 4. The van der Waals surface area contributed by atoms with Crippen molar-refractivity contribution in [3.63, 3.8) is 0 Å². The van der Waals surface area contributed by atoms with Gasteiger partial charge in [0.05, 0.1) is 5.56 Å². The largest absolute Gasteiger partial charge is 0.417 e. The highest BCUT2D eigenvalue weighted by Crippen LogP contribution is 2.48. The van der Waals surface area contributed by atoms with Crippen molar-refractivity contribution in [1.29, 1.82) is 0 Å². The molecule has 0 bridgehead atoms. The van der Waals surface area contributed by atoms with Gasteiger partial charge in [0.15, 0.2) is 0 Å². The van der Waals surface area contributed by atoms with Crippen LogP contribution in [0.15, 0.2) is 40.3 Å². The maximum absolute atomic E-state index is 13.5. The molecule has 24 heavy (non-hydrogen) atoms. The first kappa shape index (κ1) is 17.3. The van der Waals surface area contributed by atoms with E-state index in [4.69, 9.17) is 0 Å². The van der Waals surface area contributed by atoms with E-state index in [0.717, 1.165) is 12.1 Å². The van der Waals surface area contributed by atoms with Crippen LogP contribution in [0.25, 0.3) is 11.1 Å². The second-order valence-corrected chi connectivity index (χ2v) is 5.03. The van der Waals surface area contributed by atoms with Crippen molar-refractivity contribution in [3.8, 4) is 11.1 Å².